The first-order valence-electron chi connectivity index (χ1n) is 15.0. The van der Waals surface area contributed by atoms with Crippen LogP contribution < -0.4 is 0 Å². The number of benzene rings is 4. The summed E-state index contributed by atoms with van der Waals surface area (Å²) >= 11 is 0. The van der Waals surface area contributed by atoms with E-state index >= 15 is 0 Å². The molecule has 0 saturated carbocycles. The highest BCUT2D eigenvalue weighted by atomic mass is 19.2. The van der Waals surface area contributed by atoms with Crippen molar-refractivity contribution in [1.82, 2.24) is 19.9 Å². The highest BCUT2D eigenvalue weighted by Crippen LogP contribution is 2.39. The number of nitrogens with zero attached hydrogens (tertiary/aromatic N) is 8. The number of aliphatic imine (C=N–C) groups is 1. The molecule has 0 aliphatic heterocycles. The van der Waals surface area contributed by atoms with Crippen LogP contribution in [0.25, 0.3) is 50.0 Å². The molecule has 56 heavy (non-hydrogen) atoms. The van der Waals surface area contributed by atoms with Crippen LogP contribution in [0.4, 0.5) is 52.7 Å². The lowest BCUT2D eigenvalue weighted by molar-refractivity contribution is 0.447. The smallest absolute Gasteiger partial charge is 0.206 e. The summed E-state index contributed by atoms with van der Waals surface area (Å²) in [5.74, 6) is -22.1. The van der Waals surface area contributed by atoms with Crippen LogP contribution in [-0.4, -0.2) is 31.4 Å². The molecule has 4 aromatic carbocycles. The van der Waals surface area contributed by atoms with E-state index in [0.717, 1.165) is 0 Å². The third kappa shape index (κ3) is 6.02. The second kappa shape index (κ2) is 13.7. The lowest BCUT2D eigenvalue weighted by Crippen LogP contribution is -2.29. The molecule has 7 rings (SSSR count). The molecule has 2 aromatic heterocycles. The number of rotatable bonds is 4. The predicted molar refractivity (Wildman–Crippen MR) is 169 cm³/mol. The minimum absolute atomic E-state index is 0.392. The van der Waals surface area contributed by atoms with Crippen molar-refractivity contribution < 1.29 is 52.7 Å². The standard InChI is InChI=1S/C36H8F12N8/c1-50-56-36-34-32(52-27(11-2-15(37)23(45)16(38)3-11)29(54-34)13-6-19(41)25(47)20(42)7-13)31(51-10-49)33-35(36)55-30(14-8-21(43)26(48)22(44)9-14)28(53-33)12-4-17(39)24(46)18(40)5-12/h2-9H. The van der Waals surface area contributed by atoms with Gasteiger partial charge in [0.1, 0.15) is 28.5 Å². The van der Waals surface area contributed by atoms with Gasteiger partial charge in [-0.05, 0) is 48.5 Å². The molecule has 6 aromatic rings. The van der Waals surface area contributed by atoms with E-state index in [9.17, 15) is 57.9 Å². The Morgan fingerprint density at radius 3 is 0.857 bits per heavy atom. The van der Waals surface area contributed by atoms with Crippen LogP contribution in [0.5, 0.6) is 0 Å². The summed E-state index contributed by atoms with van der Waals surface area (Å²) in [6.07, 6.45) is 1.40. The van der Waals surface area contributed by atoms with E-state index in [4.69, 9.17) is 6.57 Å². The molecule has 2 heterocycles. The van der Waals surface area contributed by atoms with Crippen molar-refractivity contribution in [3.8, 4) is 51.2 Å². The van der Waals surface area contributed by atoms with Crippen molar-refractivity contribution in [2.75, 3.05) is 0 Å². The summed E-state index contributed by atoms with van der Waals surface area (Å²) in [7, 11) is 0. The number of nitriles is 1. The van der Waals surface area contributed by atoms with E-state index < -0.39 is 149 Å². The van der Waals surface area contributed by atoms with Gasteiger partial charge in [-0.15, -0.1) is 4.95 Å². The minimum Gasteiger partial charge on any atom is -0.241 e. The summed E-state index contributed by atoms with van der Waals surface area (Å²) in [6, 6.07) is 3.14. The normalized spacial score (nSPS) is 11.8. The maximum Gasteiger partial charge on any atom is 0.206 e. The topological polar surface area (TPSA) is 104 Å². The Morgan fingerprint density at radius 1 is 0.411 bits per heavy atom. The van der Waals surface area contributed by atoms with E-state index in [2.05, 4.69) is 35.0 Å². The number of hydrogen-bond donors (Lipinski definition) is 0. The molecule has 0 fully saturated rings. The Morgan fingerprint density at radius 2 is 0.643 bits per heavy atom. The van der Waals surface area contributed by atoms with Crippen LogP contribution in [0.15, 0.2) is 58.6 Å². The zero-order valence-electron chi connectivity index (χ0n) is 26.7. The second-order valence-electron chi connectivity index (χ2n) is 11.4. The van der Waals surface area contributed by atoms with Gasteiger partial charge in [-0.25, -0.2) is 72.6 Å². The Bertz CT molecular complexity index is 2420. The highest BCUT2D eigenvalue weighted by molar-refractivity contribution is 6.29. The zero-order chi connectivity index (χ0) is 40.3. The van der Waals surface area contributed by atoms with Gasteiger partial charge in [0.2, 0.25) is 11.9 Å². The van der Waals surface area contributed by atoms with E-state index in [-0.39, 0.29) is 0 Å². The third-order valence-electron chi connectivity index (χ3n) is 8.03. The first-order chi connectivity index (χ1) is 26.6. The SMILES string of the molecule is [C-]#[N+]N=C1c2nc(-c3cc(F)c(F)c(F)c3)c(-c3cc(F)c(F)c(F)c3)nc2C(=NC#N)c2nc(-c3cc(F)c(F)c(F)c3)c(-c3cc(F)c(F)c(F)c3)nc21. The molecule has 0 atom stereocenters. The van der Waals surface area contributed by atoms with Gasteiger partial charge in [0, 0.05) is 22.3 Å². The average Bonchev–Trinajstić information content (AvgIpc) is 3.16. The van der Waals surface area contributed by atoms with Crippen LogP contribution in [0, 0.1) is 87.8 Å². The van der Waals surface area contributed by atoms with Crippen LogP contribution in [0.2, 0.25) is 0 Å². The Kier molecular flexibility index (Phi) is 9.04. The van der Waals surface area contributed by atoms with Crippen LogP contribution in [-0.2, 0) is 0 Å². The minimum atomic E-state index is -1.94. The van der Waals surface area contributed by atoms with E-state index in [0.29, 0.717) is 48.5 Å². The van der Waals surface area contributed by atoms with Crippen LogP contribution in [0.3, 0.4) is 0 Å². The summed E-state index contributed by atoms with van der Waals surface area (Å²) in [4.78, 5) is 23.5. The molecule has 0 amide bonds. The fourth-order valence-electron chi connectivity index (χ4n) is 5.63. The van der Waals surface area contributed by atoms with Crippen molar-refractivity contribution in [3.63, 3.8) is 0 Å². The van der Waals surface area contributed by atoms with E-state index in [1.807, 2.05) is 0 Å². The molecule has 0 unspecified atom stereocenters. The van der Waals surface area contributed by atoms with Gasteiger partial charge in [0.05, 0.1) is 27.9 Å². The second-order valence-corrected chi connectivity index (χ2v) is 11.4. The number of hydrogen-bond acceptors (Lipinski definition) is 7. The number of aromatic nitrogens is 4. The fourth-order valence-corrected chi connectivity index (χ4v) is 5.63. The number of halogens is 12. The average molecular weight is 780 g/mol. The molecule has 0 radical (unpaired) electrons. The molecule has 8 nitrogen and oxygen atoms in total. The maximum absolute atomic E-state index is 14.6. The van der Waals surface area contributed by atoms with Crippen molar-refractivity contribution in [2.24, 2.45) is 10.1 Å². The Balaban J connectivity index is 1.62. The summed E-state index contributed by atoms with van der Waals surface area (Å²) in [5.41, 5.74) is -9.60. The van der Waals surface area contributed by atoms with Gasteiger partial charge in [-0.3, -0.25) is 0 Å². The summed E-state index contributed by atoms with van der Waals surface area (Å²) < 4.78 is 173. The first-order valence-corrected chi connectivity index (χ1v) is 15.0. The maximum atomic E-state index is 14.6. The van der Waals surface area contributed by atoms with Crippen molar-refractivity contribution in [2.45, 2.75) is 0 Å². The highest BCUT2D eigenvalue weighted by Gasteiger charge is 2.38. The molecular formula is C36H8F12N8. The Hall–Kier alpha value is -7.48. The fraction of sp³-hybridized carbons (Fsp3) is 0. The third-order valence-corrected chi connectivity index (χ3v) is 8.03. The van der Waals surface area contributed by atoms with Gasteiger partial charge in [0.15, 0.2) is 69.8 Å². The number of fused-ring (bicyclic) bond motifs is 2. The summed E-state index contributed by atoms with van der Waals surface area (Å²) in [5, 5.41) is 13.3. The van der Waals surface area contributed by atoms with E-state index in [1.165, 1.54) is 6.19 Å². The van der Waals surface area contributed by atoms with Gasteiger partial charge in [-0.2, -0.15) is 16.8 Å². The molecular weight excluding hydrogens is 772 g/mol. The van der Waals surface area contributed by atoms with Gasteiger partial charge >= 0.3 is 0 Å². The molecule has 0 spiro atoms. The van der Waals surface area contributed by atoms with Gasteiger partial charge in [-0.1, -0.05) is 0 Å². The molecule has 0 bridgehead atoms. The van der Waals surface area contributed by atoms with Crippen molar-refractivity contribution >= 4 is 11.4 Å². The molecule has 20 heteroatoms. The van der Waals surface area contributed by atoms with Crippen molar-refractivity contribution in [1.29, 1.82) is 5.26 Å². The predicted octanol–water partition coefficient (Wildman–Crippen LogP) is 8.91. The molecule has 1 aliphatic rings. The lowest BCUT2D eigenvalue weighted by Gasteiger charge is -2.22. The monoisotopic (exact) mass is 780 g/mol. The first kappa shape index (κ1) is 36.9. The molecule has 1 aliphatic carbocycles. The van der Waals surface area contributed by atoms with Gasteiger partial charge in [0.25, 0.3) is 0 Å². The largest absolute Gasteiger partial charge is 0.241 e. The molecule has 276 valence electrons. The van der Waals surface area contributed by atoms with Crippen molar-refractivity contribution in [3.05, 3.63) is 153 Å². The van der Waals surface area contributed by atoms with Gasteiger partial charge < -0.3 is 0 Å². The zero-order valence-corrected chi connectivity index (χ0v) is 26.7. The summed E-state index contributed by atoms with van der Waals surface area (Å²) in [6.45, 7) is 7.48. The quantitative estimate of drug-likeness (QED) is 0.0584. The Labute approximate surface area is 303 Å². The van der Waals surface area contributed by atoms with E-state index in [1.54, 1.807) is 0 Å². The molecule has 0 N–H and O–H groups in total. The van der Waals surface area contributed by atoms with Crippen LogP contribution >= 0.6 is 0 Å². The van der Waals surface area contributed by atoms with Crippen LogP contribution in [0.1, 0.15) is 22.8 Å². The molecule has 0 saturated heterocycles. The lowest BCUT2D eigenvalue weighted by atomic mass is 9.92.